The third kappa shape index (κ3) is 3.61. The molecule has 3 aliphatic rings. The fourth-order valence-electron chi connectivity index (χ4n) is 3.71. The molecule has 0 aliphatic carbocycles. The maximum atomic E-state index is 11.0. The molecule has 0 bridgehead atoms. The summed E-state index contributed by atoms with van der Waals surface area (Å²) in [6, 6.07) is 0. The van der Waals surface area contributed by atoms with Crippen molar-refractivity contribution in [2.75, 3.05) is 36.9 Å². The van der Waals surface area contributed by atoms with Gasteiger partial charge in [-0.15, -0.1) is 4.65 Å². The van der Waals surface area contributed by atoms with Crippen LogP contribution in [-0.2, 0) is 30.7 Å². The molecule has 2 saturated heterocycles. The van der Waals surface area contributed by atoms with Crippen LogP contribution in [-0.4, -0.2) is 76.8 Å². The predicted molar refractivity (Wildman–Crippen MR) is 110 cm³/mol. The predicted octanol–water partition coefficient (Wildman–Crippen LogP) is 0.408. The van der Waals surface area contributed by atoms with Gasteiger partial charge in [0.2, 0.25) is 6.23 Å². The summed E-state index contributed by atoms with van der Waals surface area (Å²) in [5.41, 5.74) is 6.30. The largest absolute Gasteiger partial charge is 0.453 e. The van der Waals surface area contributed by atoms with Gasteiger partial charge in [-0.05, 0) is 30.4 Å². The van der Waals surface area contributed by atoms with Crippen LogP contribution in [0.2, 0.25) is 0 Å². The Hall–Kier alpha value is -1.11. The zero-order chi connectivity index (χ0) is 20.8. The molecule has 4 rings (SSSR count). The number of nitrogens with two attached hydrogens (primary N) is 1. The van der Waals surface area contributed by atoms with Crippen molar-refractivity contribution >= 4 is 43.1 Å². The van der Waals surface area contributed by atoms with E-state index in [1.807, 2.05) is 20.8 Å². The molecule has 1 aromatic heterocycles. The number of hydroxylamine groups is 3. The van der Waals surface area contributed by atoms with E-state index in [1.165, 1.54) is 12.7 Å². The summed E-state index contributed by atoms with van der Waals surface area (Å²) in [5, 5.41) is 11.0. The van der Waals surface area contributed by atoms with Crippen molar-refractivity contribution in [2.45, 2.75) is 45.3 Å². The maximum Gasteiger partial charge on any atom is 0.358 e. The zero-order valence-corrected chi connectivity index (χ0v) is 18.3. The highest BCUT2D eigenvalue weighted by Crippen LogP contribution is 2.66. The van der Waals surface area contributed by atoms with Gasteiger partial charge in [0.05, 0.1) is 0 Å². The van der Waals surface area contributed by atoms with Crippen LogP contribution in [0.4, 0.5) is 17.3 Å². The minimum absolute atomic E-state index is 0.177. The van der Waals surface area contributed by atoms with Gasteiger partial charge in [0.1, 0.15) is 38.7 Å². The van der Waals surface area contributed by atoms with E-state index < -0.39 is 31.7 Å². The molecule has 29 heavy (non-hydrogen) atoms. The standard InChI is InChI=1S/C16H26N6O5PS/c1-4-22(5-2,6-3)27-28(29)24-7-10-13(26-28)12(23)16(25-10)21-9-20-11-14(17)18-8-19-15(11)21/h8-10,12-13,16,23H,4-7H2,1-3H3,(H2,17,18,19)/q+2/t10-,12-,13-,16-,28?/m1/s1. The van der Waals surface area contributed by atoms with Crippen LogP contribution in [0, 0.1) is 0 Å². The molecule has 0 saturated carbocycles. The number of fused-ring (bicyclic) bond motifs is 2. The first-order valence-electron chi connectivity index (χ1n) is 9.62. The smallest absolute Gasteiger partial charge is 0.358 e. The van der Waals surface area contributed by atoms with E-state index in [0.29, 0.717) is 16.2 Å². The summed E-state index contributed by atoms with van der Waals surface area (Å²) >= 11 is 5.62. The topological polar surface area (TPSA) is 126 Å². The van der Waals surface area contributed by atoms with Crippen LogP contribution >= 0.6 is 7.15 Å². The van der Waals surface area contributed by atoms with Gasteiger partial charge in [0.25, 0.3) is 17.8 Å². The lowest BCUT2D eigenvalue weighted by Gasteiger charge is -2.40. The van der Waals surface area contributed by atoms with Gasteiger partial charge < -0.3 is 27.8 Å². The van der Waals surface area contributed by atoms with Crippen molar-refractivity contribution in [3.8, 4) is 0 Å². The first-order valence-corrected chi connectivity index (χ1v) is 12.2. The molecule has 4 heterocycles. The SMILES string of the molecule is CC[N+](CC)(CC)O[P+]1([S-])OC[C@H]2O[C@@H](N3C=[N+]c4c(N)ncnc43)[C@H](O)[C@@H]2O1. The highest BCUT2D eigenvalue weighted by Gasteiger charge is 2.61. The Labute approximate surface area is 175 Å². The van der Waals surface area contributed by atoms with Crippen LogP contribution in [0.5, 0.6) is 0 Å². The number of quaternary nitrogens is 1. The number of aliphatic hydroxyl groups excluding tert-OH is 1. The second kappa shape index (κ2) is 7.86. The highest BCUT2D eigenvalue weighted by atomic mass is 32.7. The van der Waals surface area contributed by atoms with E-state index in [2.05, 4.69) is 15.0 Å². The normalized spacial score (nSPS) is 33.8. The molecular formula is C16H26N6O5PS+2. The Morgan fingerprint density at radius 3 is 2.79 bits per heavy atom. The summed E-state index contributed by atoms with van der Waals surface area (Å²) in [5.74, 6) is 0.727. The lowest BCUT2D eigenvalue weighted by atomic mass is 10.1. The lowest BCUT2D eigenvalue weighted by molar-refractivity contribution is -1.08. The number of aliphatic hydroxyl groups is 1. The number of nitrogens with zero attached hydrogens (tertiary/aromatic N) is 5. The Morgan fingerprint density at radius 2 is 2.10 bits per heavy atom. The molecule has 1 unspecified atom stereocenters. The fraction of sp³-hybridized carbons (Fsp3) is 0.688. The van der Waals surface area contributed by atoms with Gasteiger partial charge in [0, 0.05) is 0 Å². The maximum absolute atomic E-state index is 11.0. The summed E-state index contributed by atoms with van der Waals surface area (Å²) in [6.45, 7) is 8.46. The van der Waals surface area contributed by atoms with E-state index in [9.17, 15) is 5.11 Å². The van der Waals surface area contributed by atoms with E-state index in [0.717, 1.165) is 19.6 Å². The van der Waals surface area contributed by atoms with Crippen molar-refractivity contribution in [1.82, 2.24) is 15.0 Å². The molecular weight excluding hydrogens is 419 g/mol. The van der Waals surface area contributed by atoms with E-state index >= 15 is 0 Å². The van der Waals surface area contributed by atoms with Gasteiger partial charge in [-0.3, -0.25) is 0 Å². The molecule has 0 aromatic carbocycles. The number of anilines is 2. The van der Waals surface area contributed by atoms with Crippen molar-refractivity contribution in [3.63, 3.8) is 0 Å². The Kier molecular flexibility index (Phi) is 5.73. The molecule has 1 radical (unpaired) electrons. The molecule has 11 nitrogen and oxygen atoms in total. The fourth-order valence-corrected chi connectivity index (χ4v) is 6.42. The summed E-state index contributed by atoms with van der Waals surface area (Å²) in [4.78, 5) is 14.0. The number of nitrogen functional groups attached to an aromatic ring is 1. The van der Waals surface area contributed by atoms with Gasteiger partial charge >= 0.3 is 7.15 Å². The number of hydrogen-bond donors (Lipinski definition) is 2. The van der Waals surface area contributed by atoms with Gasteiger partial charge in [0.15, 0.2) is 18.0 Å². The number of ether oxygens (including phenoxy) is 1. The van der Waals surface area contributed by atoms with Crippen LogP contribution < -0.4 is 15.6 Å². The van der Waals surface area contributed by atoms with E-state index in [4.69, 9.17) is 36.4 Å². The van der Waals surface area contributed by atoms with Crippen molar-refractivity contribution in [1.29, 1.82) is 0 Å². The third-order valence-corrected chi connectivity index (χ3v) is 7.91. The third-order valence-electron chi connectivity index (χ3n) is 5.62. The summed E-state index contributed by atoms with van der Waals surface area (Å²) < 4.78 is 24.4. The Morgan fingerprint density at radius 1 is 1.38 bits per heavy atom. The van der Waals surface area contributed by atoms with Crippen molar-refractivity contribution in [2.24, 2.45) is 0 Å². The van der Waals surface area contributed by atoms with Crippen LogP contribution in [0.25, 0.3) is 0 Å². The zero-order valence-electron chi connectivity index (χ0n) is 16.5. The van der Waals surface area contributed by atoms with E-state index in [1.54, 1.807) is 4.90 Å². The number of rotatable bonds is 6. The van der Waals surface area contributed by atoms with Crippen LogP contribution in [0.3, 0.4) is 0 Å². The number of aromatic nitrogens is 2. The van der Waals surface area contributed by atoms with Crippen molar-refractivity contribution < 1.29 is 28.2 Å². The average Bonchev–Trinajstić information content (AvgIpc) is 3.28. The minimum Gasteiger partial charge on any atom is -0.453 e. The number of hydrogen-bond acceptors (Lipinski definition) is 11. The molecule has 3 N–H and O–H groups in total. The van der Waals surface area contributed by atoms with Crippen LogP contribution in [0.15, 0.2) is 6.33 Å². The molecule has 0 amide bonds. The second-order valence-corrected chi connectivity index (χ2v) is 9.91. The molecule has 5 atom stereocenters. The van der Waals surface area contributed by atoms with Crippen molar-refractivity contribution in [3.05, 3.63) is 6.33 Å². The lowest BCUT2D eigenvalue weighted by Crippen LogP contribution is -2.50. The Balaban J connectivity index is 1.52. The van der Waals surface area contributed by atoms with E-state index in [-0.39, 0.29) is 12.4 Å². The molecule has 159 valence electrons. The first kappa shape index (κ1) is 21.1. The van der Waals surface area contributed by atoms with Gasteiger partial charge in [-0.25, -0.2) is 4.98 Å². The van der Waals surface area contributed by atoms with Gasteiger partial charge in [-0.2, -0.15) is 18.9 Å². The van der Waals surface area contributed by atoms with Gasteiger partial charge in [-0.1, -0.05) is 0 Å². The quantitative estimate of drug-likeness (QED) is 0.275. The molecule has 1 aromatic rings. The monoisotopic (exact) mass is 445 g/mol. The molecule has 0 spiro atoms. The molecule has 3 aliphatic heterocycles. The first-order chi connectivity index (χ1) is 13.9. The minimum atomic E-state index is -3.06. The summed E-state index contributed by atoms with van der Waals surface area (Å²) in [7, 11) is -3.06. The second-order valence-electron chi connectivity index (χ2n) is 7.04. The molecule has 13 heteroatoms. The highest BCUT2D eigenvalue weighted by molar-refractivity contribution is 8.35. The number of aliphatic imine (C=N–C) groups is 1. The molecule has 2 fully saturated rings. The average molecular weight is 445 g/mol. The summed E-state index contributed by atoms with van der Waals surface area (Å²) in [6.07, 6.45) is -0.0780. The van der Waals surface area contributed by atoms with Crippen LogP contribution in [0.1, 0.15) is 20.8 Å². The Bertz CT molecular complexity index is 793.